The Labute approximate surface area is 179 Å². The van der Waals surface area contributed by atoms with E-state index in [1.54, 1.807) is 24.3 Å². The van der Waals surface area contributed by atoms with E-state index in [0.29, 0.717) is 27.4 Å². The quantitative estimate of drug-likeness (QED) is 0.478. The Balaban J connectivity index is 1.90. The standard InChI is InChI=1S/C23H22ClN5O/c1-14-9-11-15(12-10-14)19-18-20(27-22(30)16-7-5-6-8-17(16)24)25-13-26-21(18)29(28-19)23(2,3)4/h5-13H,1-4H3,(H,25,26,27,30). The van der Waals surface area contributed by atoms with E-state index in [9.17, 15) is 4.79 Å². The summed E-state index contributed by atoms with van der Waals surface area (Å²) in [5, 5.41) is 8.83. The Hall–Kier alpha value is -3.25. The maximum absolute atomic E-state index is 12.9. The minimum absolute atomic E-state index is 0.306. The van der Waals surface area contributed by atoms with Gasteiger partial charge < -0.3 is 5.32 Å². The molecule has 4 rings (SSSR count). The molecule has 152 valence electrons. The van der Waals surface area contributed by atoms with E-state index in [0.717, 1.165) is 16.8 Å². The summed E-state index contributed by atoms with van der Waals surface area (Å²) in [6.45, 7) is 8.21. The van der Waals surface area contributed by atoms with Gasteiger partial charge in [0.25, 0.3) is 5.91 Å². The Morgan fingerprint density at radius 2 is 1.73 bits per heavy atom. The largest absolute Gasteiger partial charge is 0.306 e. The molecule has 4 aromatic rings. The van der Waals surface area contributed by atoms with Gasteiger partial charge in [-0.25, -0.2) is 14.6 Å². The summed E-state index contributed by atoms with van der Waals surface area (Å²) < 4.78 is 1.87. The van der Waals surface area contributed by atoms with E-state index < -0.39 is 0 Å². The van der Waals surface area contributed by atoms with E-state index in [1.807, 2.05) is 35.9 Å². The number of nitrogens with zero attached hydrogens (tertiary/aromatic N) is 4. The topological polar surface area (TPSA) is 72.7 Å². The van der Waals surface area contributed by atoms with Gasteiger partial charge in [0, 0.05) is 5.56 Å². The summed E-state index contributed by atoms with van der Waals surface area (Å²) in [6, 6.07) is 15.0. The molecule has 0 radical (unpaired) electrons. The molecule has 0 aliphatic heterocycles. The Bertz CT molecular complexity index is 1240. The highest BCUT2D eigenvalue weighted by Gasteiger charge is 2.25. The Morgan fingerprint density at radius 1 is 1.03 bits per heavy atom. The number of carbonyl (C=O) groups excluding carboxylic acids is 1. The molecule has 0 atom stereocenters. The maximum Gasteiger partial charge on any atom is 0.258 e. The number of anilines is 1. The van der Waals surface area contributed by atoms with Crippen LogP contribution in [0.15, 0.2) is 54.9 Å². The molecule has 0 aliphatic carbocycles. The van der Waals surface area contributed by atoms with Crippen LogP contribution in [-0.4, -0.2) is 25.7 Å². The zero-order chi connectivity index (χ0) is 21.5. The van der Waals surface area contributed by atoms with Gasteiger partial charge in [0.05, 0.1) is 21.5 Å². The molecule has 7 heteroatoms. The van der Waals surface area contributed by atoms with E-state index in [2.05, 4.69) is 36.1 Å². The van der Waals surface area contributed by atoms with Gasteiger partial charge in [-0.3, -0.25) is 4.79 Å². The SMILES string of the molecule is Cc1ccc(-c2nn(C(C)(C)C)c3ncnc(NC(=O)c4ccccc4Cl)c23)cc1. The first-order valence-corrected chi connectivity index (χ1v) is 10.0. The number of halogens is 1. The van der Waals surface area contributed by atoms with Crippen LogP contribution in [0.5, 0.6) is 0 Å². The number of hydrogen-bond acceptors (Lipinski definition) is 4. The second kappa shape index (κ2) is 7.54. The molecule has 30 heavy (non-hydrogen) atoms. The van der Waals surface area contributed by atoms with Crippen molar-refractivity contribution in [3.8, 4) is 11.3 Å². The van der Waals surface area contributed by atoms with Crippen molar-refractivity contribution >= 4 is 34.4 Å². The molecule has 2 aromatic heterocycles. The summed E-state index contributed by atoms with van der Waals surface area (Å²) in [5.74, 6) is 0.0648. The summed E-state index contributed by atoms with van der Waals surface area (Å²) in [4.78, 5) is 21.7. The van der Waals surface area contributed by atoms with Crippen molar-refractivity contribution in [3.63, 3.8) is 0 Å². The second-order valence-electron chi connectivity index (χ2n) is 8.15. The van der Waals surface area contributed by atoms with Crippen LogP contribution in [0.1, 0.15) is 36.7 Å². The Kier molecular flexibility index (Phi) is 5.03. The van der Waals surface area contributed by atoms with Gasteiger partial charge in [-0.05, 0) is 39.8 Å². The van der Waals surface area contributed by atoms with Gasteiger partial charge in [0.2, 0.25) is 0 Å². The van der Waals surface area contributed by atoms with Crippen LogP contribution in [-0.2, 0) is 5.54 Å². The molecule has 2 heterocycles. The average Bonchev–Trinajstić information content (AvgIpc) is 3.10. The first-order valence-electron chi connectivity index (χ1n) is 9.63. The van der Waals surface area contributed by atoms with Crippen LogP contribution >= 0.6 is 11.6 Å². The summed E-state index contributed by atoms with van der Waals surface area (Å²) in [6.07, 6.45) is 1.44. The predicted molar refractivity (Wildman–Crippen MR) is 120 cm³/mol. The third-order valence-electron chi connectivity index (χ3n) is 4.78. The number of hydrogen-bond donors (Lipinski definition) is 1. The lowest BCUT2D eigenvalue weighted by Gasteiger charge is -2.19. The number of fused-ring (bicyclic) bond motifs is 1. The zero-order valence-corrected chi connectivity index (χ0v) is 18.0. The smallest absolute Gasteiger partial charge is 0.258 e. The number of nitrogens with one attached hydrogen (secondary N) is 1. The highest BCUT2D eigenvalue weighted by Crippen LogP contribution is 2.34. The molecule has 0 spiro atoms. The van der Waals surface area contributed by atoms with E-state index in [-0.39, 0.29) is 11.4 Å². The van der Waals surface area contributed by atoms with Crippen LogP contribution < -0.4 is 5.32 Å². The van der Waals surface area contributed by atoms with Crippen molar-refractivity contribution < 1.29 is 4.79 Å². The molecule has 0 bridgehead atoms. The summed E-state index contributed by atoms with van der Waals surface area (Å²) in [5.41, 5.74) is 3.53. The lowest BCUT2D eigenvalue weighted by Crippen LogP contribution is -2.23. The second-order valence-corrected chi connectivity index (χ2v) is 8.56. The first kappa shape index (κ1) is 20.0. The van der Waals surface area contributed by atoms with Gasteiger partial charge >= 0.3 is 0 Å². The van der Waals surface area contributed by atoms with Crippen molar-refractivity contribution in [1.29, 1.82) is 0 Å². The van der Waals surface area contributed by atoms with Crippen LogP contribution in [0.4, 0.5) is 5.82 Å². The van der Waals surface area contributed by atoms with Crippen LogP contribution in [0.25, 0.3) is 22.3 Å². The molecule has 2 aromatic carbocycles. The number of rotatable bonds is 3. The minimum atomic E-state index is -0.334. The molecular formula is C23H22ClN5O. The monoisotopic (exact) mass is 419 g/mol. The number of amides is 1. The lowest BCUT2D eigenvalue weighted by molar-refractivity contribution is 0.102. The minimum Gasteiger partial charge on any atom is -0.306 e. The van der Waals surface area contributed by atoms with Crippen LogP contribution in [0, 0.1) is 6.92 Å². The zero-order valence-electron chi connectivity index (χ0n) is 17.3. The third-order valence-corrected chi connectivity index (χ3v) is 5.11. The normalized spacial score (nSPS) is 11.6. The predicted octanol–water partition coefficient (Wildman–Crippen LogP) is 5.46. The van der Waals surface area contributed by atoms with Gasteiger partial charge in [-0.1, -0.05) is 53.6 Å². The van der Waals surface area contributed by atoms with Crippen LogP contribution in [0.2, 0.25) is 5.02 Å². The molecule has 0 unspecified atom stereocenters. The molecule has 6 nitrogen and oxygen atoms in total. The molecule has 0 aliphatic rings. The van der Waals surface area contributed by atoms with Crippen molar-refractivity contribution in [1.82, 2.24) is 19.7 Å². The molecule has 0 saturated heterocycles. The van der Waals surface area contributed by atoms with Gasteiger partial charge in [-0.15, -0.1) is 0 Å². The van der Waals surface area contributed by atoms with E-state index in [1.165, 1.54) is 6.33 Å². The highest BCUT2D eigenvalue weighted by molar-refractivity contribution is 6.34. The van der Waals surface area contributed by atoms with Gasteiger partial charge in [0.15, 0.2) is 5.65 Å². The van der Waals surface area contributed by atoms with Crippen molar-refractivity contribution in [3.05, 3.63) is 71.0 Å². The van der Waals surface area contributed by atoms with Gasteiger partial charge in [0.1, 0.15) is 17.8 Å². The average molecular weight is 420 g/mol. The highest BCUT2D eigenvalue weighted by atomic mass is 35.5. The van der Waals surface area contributed by atoms with Crippen molar-refractivity contribution in [2.45, 2.75) is 33.2 Å². The third kappa shape index (κ3) is 3.66. The van der Waals surface area contributed by atoms with Crippen molar-refractivity contribution in [2.75, 3.05) is 5.32 Å². The number of aryl methyl sites for hydroxylation is 1. The van der Waals surface area contributed by atoms with Crippen LogP contribution in [0.3, 0.4) is 0 Å². The maximum atomic E-state index is 12.9. The molecule has 1 amide bonds. The molecule has 0 fully saturated rings. The van der Waals surface area contributed by atoms with E-state index in [4.69, 9.17) is 16.7 Å². The fourth-order valence-electron chi connectivity index (χ4n) is 3.25. The fourth-order valence-corrected chi connectivity index (χ4v) is 3.47. The van der Waals surface area contributed by atoms with Crippen molar-refractivity contribution in [2.24, 2.45) is 0 Å². The summed E-state index contributed by atoms with van der Waals surface area (Å²) in [7, 11) is 0. The van der Waals surface area contributed by atoms with E-state index >= 15 is 0 Å². The number of benzene rings is 2. The fraction of sp³-hybridized carbons (Fsp3) is 0.217. The Morgan fingerprint density at radius 3 is 2.40 bits per heavy atom. The van der Waals surface area contributed by atoms with Gasteiger partial charge in [-0.2, -0.15) is 5.10 Å². The first-order chi connectivity index (χ1) is 14.3. The lowest BCUT2D eigenvalue weighted by atomic mass is 10.1. The number of carbonyl (C=O) groups is 1. The summed E-state index contributed by atoms with van der Waals surface area (Å²) >= 11 is 6.20. The molecule has 0 saturated carbocycles. The molecular weight excluding hydrogens is 398 g/mol. The number of aromatic nitrogens is 4. The molecule has 1 N–H and O–H groups in total.